The maximum atomic E-state index is 12.4. The molecule has 2 aromatic rings. The van der Waals surface area contributed by atoms with Crippen molar-refractivity contribution in [3.05, 3.63) is 65.7 Å². The normalized spacial score (nSPS) is 13.3. The molecule has 4 N–H and O–H groups in total. The van der Waals surface area contributed by atoms with Crippen LogP contribution in [-0.2, 0) is 21.4 Å². The van der Waals surface area contributed by atoms with Gasteiger partial charge in [-0.2, -0.15) is 0 Å². The van der Waals surface area contributed by atoms with Crippen LogP contribution in [0.3, 0.4) is 0 Å². The van der Waals surface area contributed by atoms with Crippen LogP contribution in [-0.4, -0.2) is 20.6 Å². The van der Waals surface area contributed by atoms with Crippen LogP contribution in [0.25, 0.3) is 0 Å². The van der Waals surface area contributed by atoms with Crippen molar-refractivity contribution in [1.29, 1.82) is 0 Å². The molecular formula is C18H24ClN3O3S. The molecule has 2 aromatic carbocycles. The van der Waals surface area contributed by atoms with Crippen LogP contribution in [0.4, 0.5) is 5.69 Å². The number of anilines is 1. The van der Waals surface area contributed by atoms with Crippen molar-refractivity contribution in [3.8, 4) is 0 Å². The van der Waals surface area contributed by atoms with Gasteiger partial charge in [-0.15, -0.1) is 12.4 Å². The van der Waals surface area contributed by atoms with Crippen LogP contribution in [0, 0.1) is 5.92 Å². The second-order valence-electron chi connectivity index (χ2n) is 6.00. The summed E-state index contributed by atoms with van der Waals surface area (Å²) in [5.41, 5.74) is 8.52. The van der Waals surface area contributed by atoms with Crippen molar-refractivity contribution in [2.45, 2.75) is 19.5 Å². The lowest BCUT2D eigenvalue weighted by atomic mass is 9.94. The maximum Gasteiger partial charge on any atom is 0.229 e. The van der Waals surface area contributed by atoms with Crippen LogP contribution in [0.1, 0.15) is 24.1 Å². The van der Waals surface area contributed by atoms with E-state index in [9.17, 15) is 13.2 Å². The Hall–Kier alpha value is -1.93. The van der Waals surface area contributed by atoms with Crippen LogP contribution < -0.4 is 15.8 Å². The Balaban J connectivity index is 0.00000338. The highest BCUT2D eigenvalue weighted by atomic mass is 35.5. The molecule has 8 heteroatoms. The zero-order valence-corrected chi connectivity index (χ0v) is 16.3. The largest absolute Gasteiger partial charge is 0.326 e. The summed E-state index contributed by atoms with van der Waals surface area (Å²) in [6, 6.07) is 16.1. The fraction of sp³-hybridized carbons (Fsp3) is 0.278. The van der Waals surface area contributed by atoms with E-state index in [1.54, 1.807) is 31.2 Å². The van der Waals surface area contributed by atoms with E-state index in [0.717, 1.165) is 17.4 Å². The van der Waals surface area contributed by atoms with E-state index >= 15 is 0 Å². The molecule has 2 rings (SSSR count). The minimum absolute atomic E-state index is 0. The highest BCUT2D eigenvalue weighted by Gasteiger charge is 2.22. The summed E-state index contributed by atoms with van der Waals surface area (Å²) in [7, 11) is -3.23. The SMILES string of the molecule is CC(C(=O)Nc1ccc(CNS(C)(=O)=O)cc1)C(N)c1ccccc1.Cl. The van der Waals surface area contributed by atoms with Gasteiger partial charge in [0.1, 0.15) is 0 Å². The molecule has 0 aliphatic heterocycles. The van der Waals surface area contributed by atoms with E-state index in [1.807, 2.05) is 30.3 Å². The van der Waals surface area contributed by atoms with E-state index in [-0.39, 0.29) is 30.9 Å². The first-order valence-corrected chi connectivity index (χ1v) is 9.80. The number of hydrogen-bond acceptors (Lipinski definition) is 4. The molecule has 26 heavy (non-hydrogen) atoms. The number of sulfonamides is 1. The summed E-state index contributed by atoms with van der Waals surface area (Å²) in [4.78, 5) is 12.4. The molecule has 2 unspecified atom stereocenters. The monoisotopic (exact) mass is 397 g/mol. The second kappa shape index (κ2) is 9.68. The van der Waals surface area contributed by atoms with Crippen molar-refractivity contribution >= 4 is 34.0 Å². The molecule has 2 atom stereocenters. The topological polar surface area (TPSA) is 101 Å². The number of carbonyl (C=O) groups is 1. The maximum absolute atomic E-state index is 12.4. The van der Waals surface area contributed by atoms with E-state index < -0.39 is 15.9 Å². The average Bonchev–Trinajstić information content (AvgIpc) is 2.60. The van der Waals surface area contributed by atoms with Crippen LogP contribution in [0.15, 0.2) is 54.6 Å². The fourth-order valence-electron chi connectivity index (χ4n) is 2.30. The Morgan fingerprint density at radius 2 is 1.65 bits per heavy atom. The molecule has 0 radical (unpaired) electrons. The van der Waals surface area contributed by atoms with Gasteiger partial charge in [0.15, 0.2) is 0 Å². The third-order valence-electron chi connectivity index (χ3n) is 3.90. The summed E-state index contributed by atoms with van der Waals surface area (Å²) < 4.78 is 24.6. The van der Waals surface area contributed by atoms with Gasteiger partial charge in [0, 0.05) is 18.3 Å². The van der Waals surface area contributed by atoms with Gasteiger partial charge in [-0.1, -0.05) is 49.4 Å². The molecular weight excluding hydrogens is 374 g/mol. The minimum Gasteiger partial charge on any atom is -0.326 e. The van der Waals surface area contributed by atoms with Gasteiger partial charge in [0.25, 0.3) is 0 Å². The minimum atomic E-state index is -3.23. The predicted molar refractivity (Wildman–Crippen MR) is 107 cm³/mol. The number of rotatable bonds is 7. The van der Waals surface area contributed by atoms with Gasteiger partial charge < -0.3 is 11.1 Å². The summed E-state index contributed by atoms with van der Waals surface area (Å²) in [6.07, 6.45) is 1.11. The molecule has 0 aliphatic rings. The molecule has 0 aliphatic carbocycles. The molecule has 1 amide bonds. The Kier molecular flexibility index (Phi) is 8.23. The Morgan fingerprint density at radius 1 is 1.08 bits per heavy atom. The van der Waals surface area contributed by atoms with Gasteiger partial charge >= 0.3 is 0 Å². The molecule has 0 spiro atoms. The molecule has 0 aromatic heterocycles. The first-order chi connectivity index (χ1) is 11.8. The van der Waals surface area contributed by atoms with Gasteiger partial charge in [0.05, 0.1) is 12.2 Å². The predicted octanol–water partition coefficient (Wildman–Crippen LogP) is 2.43. The van der Waals surface area contributed by atoms with Crippen LogP contribution >= 0.6 is 12.4 Å². The van der Waals surface area contributed by atoms with Gasteiger partial charge in [-0.05, 0) is 23.3 Å². The number of nitrogens with two attached hydrogens (primary N) is 1. The van der Waals surface area contributed by atoms with Gasteiger partial charge in [-0.25, -0.2) is 13.1 Å². The summed E-state index contributed by atoms with van der Waals surface area (Å²) in [5, 5.41) is 2.83. The third kappa shape index (κ3) is 6.76. The molecule has 0 bridgehead atoms. The lowest BCUT2D eigenvalue weighted by Gasteiger charge is -2.20. The summed E-state index contributed by atoms with van der Waals surface area (Å²) in [5.74, 6) is -0.563. The summed E-state index contributed by atoms with van der Waals surface area (Å²) >= 11 is 0. The second-order valence-corrected chi connectivity index (χ2v) is 7.84. The molecule has 0 saturated heterocycles. The Morgan fingerprint density at radius 3 is 2.19 bits per heavy atom. The van der Waals surface area contributed by atoms with E-state index in [2.05, 4.69) is 10.0 Å². The average molecular weight is 398 g/mol. The van der Waals surface area contributed by atoms with E-state index in [0.29, 0.717) is 5.69 Å². The number of benzene rings is 2. The zero-order chi connectivity index (χ0) is 18.4. The van der Waals surface area contributed by atoms with Crippen molar-refractivity contribution < 1.29 is 13.2 Å². The third-order valence-corrected chi connectivity index (χ3v) is 4.57. The molecule has 0 saturated carbocycles. The first kappa shape index (κ1) is 22.1. The smallest absolute Gasteiger partial charge is 0.229 e. The van der Waals surface area contributed by atoms with Gasteiger partial charge in [-0.3, -0.25) is 4.79 Å². The number of nitrogens with one attached hydrogen (secondary N) is 2. The first-order valence-electron chi connectivity index (χ1n) is 7.91. The number of halogens is 1. The van der Waals surface area contributed by atoms with Crippen molar-refractivity contribution in [1.82, 2.24) is 4.72 Å². The zero-order valence-electron chi connectivity index (χ0n) is 14.7. The number of carbonyl (C=O) groups excluding carboxylic acids is 1. The Bertz CT molecular complexity index is 811. The fourth-order valence-corrected chi connectivity index (χ4v) is 2.73. The van der Waals surface area contributed by atoms with E-state index in [1.165, 1.54) is 0 Å². The highest BCUT2D eigenvalue weighted by molar-refractivity contribution is 7.88. The summed E-state index contributed by atoms with van der Waals surface area (Å²) in [6.45, 7) is 2.00. The molecule has 6 nitrogen and oxygen atoms in total. The molecule has 0 fully saturated rings. The lowest BCUT2D eigenvalue weighted by molar-refractivity contribution is -0.120. The standard InChI is InChI=1S/C18H23N3O3S.ClH/c1-13(17(19)15-6-4-3-5-7-15)18(22)21-16-10-8-14(9-11-16)12-20-25(2,23)24;/h3-11,13,17,20H,12,19H2,1-2H3,(H,21,22);1H. The quantitative estimate of drug-likeness (QED) is 0.667. The van der Waals surface area contributed by atoms with Crippen molar-refractivity contribution in [3.63, 3.8) is 0 Å². The number of amides is 1. The number of hydrogen-bond donors (Lipinski definition) is 3. The van der Waals surface area contributed by atoms with Crippen LogP contribution in [0.2, 0.25) is 0 Å². The van der Waals surface area contributed by atoms with Crippen LogP contribution in [0.5, 0.6) is 0 Å². The lowest BCUT2D eigenvalue weighted by Crippen LogP contribution is -2.30. The van der Waals surface area contributed by atoms with Gasteiger partial charge in [0.2, 0.25) is 15.9 Å². The highest BCUT2D eigenvalue weighted by Crippen LogP contribution is 2.21. The van der Waals surface area contributed by atoms with Crippen molar-refractivity contribution in [2.75, 3.05) is 11.6 Å². The molecule has 142 valence electrons. The van der Waals surface area contributed by atoms with E-state index in [4.69, 9.17) is 5.73 Å². The molecule has 0 heterocycles. The van der Waals surface area contributed by atoms with Crippen molar-refractivity contribution in [2.24, 2.45) is 11.7 Å². The Labute approximate surface area is 160 Å².